The van der Waals surface area contributed by atoms with Crippen molar-refractivity contribution in [3.8, 4) is 0 Å². The lowest BCUT2D eigenvalue weighted by molar-refractivity contribution is -0.121. The van der Waals surface area contributed by atoms with Crippen LogP contribution in [0.2, 0.25) is 0 Å². The number of nitrogens with one attached hydrogen (secondary N) is 2. The van der Waals surface area contributed by atoms with Gasteiger partial charge in [0.05, 0.1) is 11.5 Å². The first-order valence-electron chi connectivity index (χ1n) is 8.45. The third-order valence-corrected chi connectivity index (χ3v) is 6.44. The molecule has 0 aliphatic carbocycles. The topological polar surface area (TPSA) is 95.6 Å². The van der Waals surface area contributed by atoms with Crippen LogP contribution in [-0.4, -0.2) is 55.2 Å². The average molecular weight is 400 g/mol. The average Bonchev–Trinajstić information content (AvgIpc) is 2.55. The van der Waals surface area contributed by atoms with Crippen LogP contribution in [0.3, 0.4) is 0 Å². The Labute approximate surface area is 159 Å². The largest absolute Gasteiger partial charge is 0.351 e. The van der Waals surface area contributed by atoms with Crippen molar-refractivity contribution in [1.82, 2.24) is 9.62 Å². The predicted octanol–water partition coefficient (Wildman–Crippen LogP) is 1.67. The van der Waals surface area contributed by atoms with Crippen LogP contribution >= 0.6 is 11.8 Å². The SMILES string of the molecule is CC(=O)Nc1ccc(SC(C)C(=O)NC2CCCN(S(C)(=O)=O)C2)cc1. The van der Waals surface area contributed by atoms with E-state index in [0.717, 1.165) is 17.7 Å². The molecule has 2 amide bonds. The summed E-state index contributed by atoms with van der Waals surface area (Å²) >= 11 is 1.42. The fraction of sp³-hybridized carbons (Fsp3) is 0.529. The monoisotopic (exact) mass is 399 g/mol. The van der Waals surface area contributed by atoms with Gasteiger partial charge in [0.15, 0.2) is 0 Å². The molecule has 1 aliphatic heterocycles. The Balaban J connectivity index is 1.88. The van der Waals surface area contributed by atoms with Crippen LogP contribution in [0, 0.1) is 0 Å². The van der Waals surface area contributed by atoms with E-state index in [-0.39, 0.29) is 23.1 Å². The molecule has 9 heteroatoms. The first-order valence-corrected chi connectivity index (χ1v) is 11.2. The van der Waals surface area contributed by atoms with Crippen molar-refractivity contribution in [2.24, 2.45) is 0 Å². The highest BCUT2D eigenvalue weighted by Crippen LogP contribution is 2.25. The minimum atomic E-state index is -3.23. The molecule has 0 bridgehead atoms. The molecule has 7 nitrogen and oxygen atoms in total. The van der Waals surface area contributed by atoms with Gasteiger partial charge in [-0.25, -0.2) is 12.7 Å². The van der Waals surface area contributed by atoms with Gasteiger partial charge in [-0.1, -0.05) is 0 Å². The molecule has 1 aromatic rings. The van der Waals surface area contributed by atoms with E-state index in [9.17, 15) is 18.0 Å². The molecule has 1 heterocycles. The van der Waals surface area contributed by atoms with Gasteiger partial charge < -0.3 is 10.6 Å². The summed E-state index contributed by atoms with van der Waals surface area (Å²) in [5, 5.41) is 5.34. The van der Waals surface area contributed by atoms with Crippen LogP contribution in [0.4, 0.5) is 5.69 Å². The van der Waals surface area contributed by atoms with Crippen molar-refractivity contribution in [3.05, 3.63) is 24.3 Å². The number of rotatable bonds is 6. The normalized spacial score (nSPS) is 19.6. The van der Waals surface area contributed by atoms with E-state index in [1.54, 1.807) is 12.1 Å². The summed E-state index contributed by atoms with van der Waals surface area (Å²) in [5.74, 6) is -0.241. The third-order valence-electron chi connectivity index (χ3n) is 4.06. The van der Waals surface area contributed by atoms with Gasteiger partial charge in [0, 0.05) is 36.6 Å². The molecule has 0 radical (unpaired) electrons. The molecule has 2 unspecified atom stereocenters. The summed E-state index contributed by atoms with van der Waals surface area (Å²) in [5.41, 5.74) is 0.710. The van der Waals surface area contributed by atoms with Crippen molar-refractivity contribution in [1.29, 1.82) is 0 Å². The van der Waals surface area contributed by atoms with Crippen LogP contribution < -0.4 is 10.6 Å². The maximum absolute atomic E-state index is 12.4. The molecule has 2 rings (SSSR count). The maximum Gasteiger partial charge on any atom is 0.233 e. The Morgan fingerprint density at radius 2 is 1.92 bits per heavy atom. The lowest BCUT2D eigenvalue weighted by Gasteiger charge is -2.31. The Morgan fingerprint density at radius 3 is 2.50 bits per heavy atom. The Morgan fingerprint density at radius 1 is 1.27 bits per heavy atom. The molecule has 0 saturated carbocycles. The van der Waals surface area contributed by atoms with Gasteiger partial charge in [0.25, 0.3) is 0 Å². The van der Waals surface area contributed by atoms with Gasteiger partial charge in [-0.3, -0.25) is 9.59 Å². The molecule has 1 fully saturated rings. The number of hydrogen-bond acceptors (Lipinski definition) is 5. The summed E-state index contributed by atoms with van der Waals surface area (Å²) < 4.78 is 24.8. The van der Waals surface area contributed by atoms with Crippen LogP contribution in [0.15, 0.2) is 29.2 Å². The van der Waals surface area contributed by atoms with Gasteiger partial charge in [-0.15, -0.1) is 11.8 Å². The van der Waals surface area contributed by atoms with E-state index < -0.39 is 10.0 Å². The number of sulfonamides is 1. The molecular weight excluding hydrogens is 374 g/mol. The molecule has 26 heavy (non-hydrogen) atoms. The van der Waals surface area contributed by atoms with E-state index in [4.69, 9.17) is 0 Å². The lowest BCUT2D eigenvalue weighted by atomic mass is 10.1. The van der Waals surface area contributed by atoms with Crippen LogP contribution in [-0.2, 0) is 19.6 Å². The molecular formula is C17H25N3O4S2. The molecule has 2 atom stereocenters. The fourth-order valence-corrected chi connectivity index (χ4v) is 4.55. The summed E-state index contributed by atoms with van der Waals surface area (Å²) in [6.07, 6.45) is 2.71. The molecule has 1 aliphatic rings. The number of thioether (sulfide) groups is 1. The first-order chi connectivity index (χ1) is 12.1. The van der Waals surface area contributed by atoms with Crippen molar-refractivity contribution in [2.75, 3.05) is 24.7 Å². The molecule has 0 spiro atoms. The second-order valence-corrected chi connectivity index (χ2v) is 9.83. The predicted molar refractivity (Wildman–Crippen MR) is 104 cm³/mol. The maximum atomic E-state index is 12.4. The Hall–Kier alpha value is -1.58. The zero-order valence-electron chi connectivity index (χ0n) is 15.2. The molecule has 1 saturated heterocycles. The highest BCUT2D eigenvalue weighted by atomic mass is 32.2. The van der Waals surface area contributed by atoms with Crippen molar-refractivity contribution in [2.45, 2.75) is 42.9 Å². The Kier molecular flexibility index (Phi) is 7.08. The zero-order chi connectivity index (χ0) is 19.3. The van der Waals surface area contributed by atoms with Gasteiger partial charge >= 0.3 is 0 Å². The van der Waals surface area contributed by atoms with Crippen molar-refractivity contribution in [3.63, 3.8) is 0 Å². The molecule has 144 valence electrons. The van der Waals surface area contributed by atoms with E-state index in [2.05, 4.69) is 10.6 Å². The summed E-state index contributed by atoms with van der Waals surface area (Å²) in [4.78, 5) is 24.4. The quantitative estimate of drug-likeness (QED) is 0.710. The summed E-state index contributed by atoms with van der Waals surface area (Å²) in [6, 6.07) is 7.13. The summed E-state index contributed by atoms with van der Waals surface area (Å²) in [6.45, 7) is 4.10. The minimum Gasteiger partial charge on any atom is -0.351 e. The molecule has 0 aromatic heterocycles. The number of carbonyl (C=O) groups excluding carboxylic acids is 2. The van der Waals surface area contributed by atoms with Crippen LogP contribution in [0.25, 0.3) is 0 Å². The van der Waals surface area contributed by atoms with Gasteiger partial charge in [0.1, 0.15) is 0 Å². The second-order valence-electron chi connectivity index (χ2n) is 6.43. The van der Waals surface area contributed by atoms with E-state index >= 15 is 0 Å². The standard InChI is InChI=1S/C17H25N3O4S2/c1-12(25-16-8-6-14(7-9-16)18-13(2)21)17(22)19-15-5-4-10-20(11-15)26(3,23)24/h6-9,12,15H,4-5,10-11H2,1-3H3,(H,18,21)(H,19,22). The van der Waals surface area contributed by atoms with Crippen molar-refractivity contribution < 1.29 is 18.0 Å². The van der Waals surface area contributed by atoms with Gasteiger partial charge in [-0.05, 0) is 44.0 Å². The lowest BCUT2D eigenvalue weighted by Crippen LogP contribution is -2.50. The van der Waals surface area contributed by atoms with Gasteiger partial charge in [-0.2, -0.15) is 0 Å². The number of anilines is 1. The highest BCUT2D eigenvalue weighted by Gasteiger charge is 2.28. The van der Waals surface area contributed by atoms with E-state index in [1.807, 2.05) is 19.1 Å². The molecule has 2 N–H and O–H groups in total. The number of carbonyl (C=O) groups is 2. The molecule has 1 aromatic carbocycles. The number of benzene rings is 1. The fourth-order valence-electron chi connectivity index (χ4n) is 2.76. The first kappa shape index (κ1) is 20.7. The number of hydrogen-bond donors (Lipinski definition) is 2. The second kappa shape index (κ2) is 8.88. The smallest absolute Gasteiger partial charge is 0.233 e. The third kappa shape index (κ3) is 6.30. The minimum absolute atomic E-state index is 0.110. The number of piperidine rings is 1. The number of nitrogens with zero attached hydrogens (tertiary/aromatic N) is 1. The van der Waals surface area contributed by atoms with Gasteiger partial charge in [0.2, 0.25) is 21.8 Å². The zero-order valence-corrected chi connectivity index (χ0v) is 16.8. The van der Waals surface area contributed by atoms with E-state index in [0.29, 0.717) is 18.8 Å². The van der Waals surface area contributed by atoms with Crippen LogP contribution in [0.5, 0.6) is 0 Å². The number of amides is 2. The summed E-state index contributed by atoms with van der Waals surface area (Å²) in [7, 11) is -3.23. The Bertz CT molecular complexity index is 750. The van der Waals surface area contributed by atoms with E-state index in [1.165, 1.54) is 29.2 Å². The highest BCUT2D eigenvalue weighted by molar-refractivity contribution is 8.00. The van der Waals surface area contributed by atoms with Crippen LogP contribution in [0.1, 0.15) is 26.7 Å². The van der Waals surface area contributed by atoms with Crippen molar-refractivity contribution >= 4 is 39.3 Å².